The molecule has 1 heterocycles. The normalized spacial score (nSPS) is 12.2. The van der Waals surface area contributed by atoms with Crippen LogP contribution in [0, 0.1) is 46.5 Å². The number of nitrogens with two attached hydrogens (primary N) is 1. The van der Waals surface area contributed by atoms with Gasteiger partial charge in [-0.1, -0.05) is 52.0 Å². The quantitative estimate of drug-likeness (QED) is 0.0548. The molecule has 0 spiro atoms. The third-order valence-electron chi connectivity index (χ3n) is 9.93. The fraction of sp³-hybridized carbons (Fsp3) is 0.250. The molecule has 56 heavy (non-hydrogen) atoms. The smallest absolute Gasteiger partial charge is 0.295 e. The van der Waals surface area contributed by atoms with Crippen molar-refractivity contribution in [2.24, 2.45) is 16.8 Å². The SMILES string of the molecule is Cc1cc(C)c(NC(=O)C(C)C)c(C)c1N=c1ccc2c(-c3ccccc3S(=O)(=O)O)c3ccc(Nc4c(N)cc(C)c(NC(=O)C(C)C)c4C)cc3oc-2c1. The molecular weight excluding hydrogens is 727 g/mol. The van der Waals surface area contributed by atoms with E-state index in [2.05, 4.69) is 16.0 Å². The topological polar surface area (TPSA) is 176 Å². The third kappa shape index (κ3) is 7.75. The lowest BCUT2D eigenvalue weighted by Gasteiger charge is -2.21. The largest absolute Gasteiger partial charge is 0.456 e. The van der Waals surface area contributed by atoms with Crippen molar-refractivity contribution >= 4 is 67.0 Å². The summed E-state index contributed by atoms with van der Waals surface area (Å²) in [4.78, 5) is 30.1. The first-order valence-electron chi connectivity index (χ1n) is 18.4. The minimum atomic E-state index is -4.61. The Morgan fingerprint density at radius 3 is 2.00 bits per heavy atom. The molecule has 0 unspecified atom stereocenters. The summed E-state index contributed by atoms with van der Waals surface area (Å²) >= 11 is 0. The Bertz CT molecular complexity index is 2710. The Hall–Kier alpha value is -5.98. The van der Waals surface area contributed by atoms with Crippen molar-refractivity contribution < 1.29 is 27.0 Å². The van der Waals surface area contributed by atoms with Crippen molar-refractivity contribution in [3.8, 4) is 22.5 Å². The van der Waals surface area contributed by atoms with Gasteiger partial charge in [-0.25, -0.2) is 4.99 Å². The Balaban J connectivity index is 1.57. The number of hydrogen-bond acceptors (Lipinski definition) is 8. The van der Waals surface area contributed by atoms with E-state index >= 15 is 0 Å². The lowest BCUT2D eigenvalue weighted by atomic mass is 9.93. The molecule has 0 saturated heterocycles. The second-order valence-electron chi connectivity index (χ2n) is 14.9. The molecule has 6 rings (SSSR count). The van der Waals surface area contributed by atoms with Crippen LogP contribution in [0.15, 0.2) is 87.1 Å². The van der Waals surface area contributed by atoms with Crippen LogP contribution in [0.3, 0.4) is 0 Å². The minimum absolute atomic E-state index is 0.0903. The highest BCUT2D eigenvalue weighted by atomic mass is 32.2. The zero-order chi connectivity index (χ0) is 40.8. The maximum atomic E-state index is 12.7. The van der Waals surface area contributed by atoms with Gasteiger partial charge in [-0.3, -0.25) is 14.1 Å². The van der Waals surface area contributed by atoms with Crippen molar-refractivity contribution in [2.75, 3.05) is 21.7 Å². The van der Waals surface area contributed by atoms with Gasteiger partial charge >= 0.3 is 0 Å². The van der Waals surface area contributed by atoms with Gasteiger partial charge in [0.1, 0.15) is 16.2 Å². The Morgan fingerprint density at radius 1 is 0.732 bits per heavy atom. The van der Waals surface area contributed by atoms with E-state index in [1.165, 1.54) is 6.07 Å². The van der Waals surface area contributed by atoms with E-state index in [-0.39, 0.29) is 28.5 Å². The monoisotopic (exact) mass is 773 g/mol. The van der Waals surface area contributed by atoms with E-state index in [0.29, 0.717) is 72.9 Å². The van der Waals surface area contributed by atoms with Crippen molar-refractivity contribution in [1.82, 2.24) is 0 Å². The number of carbonyl (C=O) groups is 2. The maximum Gasteiger partial charge on any atom is 0.295 e. The van der Waals surface area contributed by atoms with Crippen molar-refractivity contribution in [1.29, 1.82) is 0 Å². The van der Waals surface area contributed by atoms with E-state index in [1.807, 2.05) is 92.6 Å². The molecule has 4 aromatic carbocycles. The Labute approximate surface area is 327 Å². The number of rotatable bonds is 9. The van der Waals surface area contributed by atoms with Gasteiger partial charge in [0.05, 0.1) is 22.4 Å². The number of aryl methyl sites for hydroxylation is 3. The number of anilines is 5. The fourth-order valence-corrected chi connectivity index (χ4v) is 7.63. The molecule has 12 heteroatoms. The van der Waals surface area contributed by atoms with Crippen LogP contribution in [0.2, 0.25) is 0 Å². The van der Waals surface area contributed by atoms with E-state index in [0.717, 1.165) is 27.8 Å². The predicted octanol–water partition coefficient (Wildman–Crippen LogP) is 9.74. The minimum Gasteiger partial charge on any atom is -0.456 e. The lowest BCUT2D eigenvalue weighted by molar-refractivity contribution is -0.119. The molecule has 2 amide bonds. The fourth-order valence-electron chi connectivity index (χ4n) is 6.94. The van der Waals surface area contributed by atoms with Crippen LogP contribution in [0.25, 0.3) is 33.4 Å². The summed E-state index contributed by atoms with van der Waals surface area (Å²) in [6, 6.07) is 20.9. The van der Waals surface area contributed by atoms with Gasteiger partial charge in [-0.2, -0.15) is 8.42 Å². The van der Waals surface area contributed by atoms with Crippen molar-refractivity contribution in [3.05, 3.63) is 106 Å². The van der Waals surface area contributed by atoms with Crippen LogP contribution in [0.1, 0.15) is 55.5 Å². The Kier molecular flexibility index (Phi) is 10.8. The molecule has 1 aliphatic carbocycles. The number of nitrogens with one attached hydrogen (secondary N) is 3. The predicted molar refractivity (Wildman–Crippen MR) is 225 cm³/mol. The van der Waals surface area contributed by atoms with E-state index < -0.39 is 10.1 Å². The van der Waals surface area contributed by atoms with E-state index in [1.54, 1.807) is 36.4 Å². The highest BCUT2D eigenvalue weighted by Crippen LogP contribution is 2.44. The molecule has 0 radical (unpaired) electrons. The van der Waals surface area contributed by atoms with Crippen molar-refractivity contribution in [2.45, 2.75) is 67.2 Å². The van der Waals surface area contributed by atoms with Gasteiger partial charge in [0.2, 0.25) is 11.8 Å². The summed E-state index contributed by atoms with van der Waals surface area (Å²) in [6.45, 7) is 17.0. The first kappa shape index (κ1) is 39.7. The van der Waals surface area contributed by atoms with Gasteiger partial charge in [0.25, 0.3) is 10.1 Å². The average Bonchev–Trinajstić information content (AvgIpc) is 3.13. The first-order valence-corrected chi connectivity index (χ1v) is 19.8. The molecular formula is C44H47N5O6S. The summed E-state index contributed by atoms with van der Waals surface area (Å²) < 4.78 is 42.3. The molecule has 4 aromatic rings. The van der Waals surface area contributed by atoms with Gasteiger partial charge in [0, 0.05) is 63.1 Å². The number of fused-ring (bicyclic) bond motifs is 2. The van der Waals surface area contributed by atoms with Crippen LogP contribution in [0.4, 0.5) is 34.1 Å². The molecule has 290 valence electrons. The maximum absolute atomic E-state index is 12.7. The summed E-state index contributed by atoms with van der Waals surface area (Å²) in [6.07, 6.45) is 0. The lowest BCUT2D eigenvalue weighted by Crippen LogP contribution is -2.19. The average molecular weight is 774 g/mol. The summed E-state index contributed by atoms with van der Waals surface area (Å²) in [5.41, 5.74) is 16.4. The molecule has 0 aromatic heterocycles. The van der Waals surface area contributed by atoms with Crippen LogP contribution >= 0.6 is 0 Å². The summed E-state index contributed by atoms with van der Waals surface area (Å²) in [5, 5.41) is 10.7. The van der Waals surface area contributed by atoms with Crippen LogP contribution < -0.4 is 27.0 Å². The molecule has 0 atom stereocenters. The number of nitrogens with zero attached hydrogens (tertiary/aromatic N) is 1. The summed E-state index contributed by atoms with van der Waals surface area (Å²) in [7, 11) is -4.61. The number of benzene rings is 5. The first-order chi connectivity index (χ1) is 26.3. The molecule has 0 saturated carbocycles. The van der Waals surface area contributed by atoms with Crippen LogP contribution in [-0.2, 0) is 19.7 Å². The van der Waals surface area contributed by atoms with E-state index in [9.17, 15) is 22.6 Å². The number of carbonyl (C=O) groups excluding carboxylic acids is 2. The standard InChI is InChI=1S/C44H47N5O6S/c1-22(2)43(50)48-40-25(6)18-24(5)39(27(40)8)46-29-14-16-31-35(20-29)55-36-21-30(15-17-32(36)38(31)33-12-10-11-13-37(33)56(52,53)54)47-42-28(9)41(26(7)19-34(42)45)49-44(51)23(3)4/h10-23,47H,45H2,1-9H3,(H,48,50)(H,49,51)(H,52,53,54). The van der Waals surface area contributed by atoms with Crippen LogP contribution in [-0.4, -0.2) is 24.8 Å². The van der Waals surface area contributed by atoms with Crippen LogP contribution in [0.5, 0.6) is 0 Å². The highest BCUT2D eigenvalue weighted by Gasteiger charge is 2.24. The van der Waals surface area contributed by atoms with Crippen molar-refractivity contribution in [3.63, 3.8) is 0 Å². The van der Waals surface area contributed by atoms with Gasteiger partial charge < -0.3 is 26.1 Å². The second kappa shape index (κ2) is 15.3. The summed E-state index contributed by atoms with van der Waals surface area (Å²) in [5.74, 6) is -0.202. The Morgan fingerprint density at radius 2 is 1.36 bits per heavy atom. The number of hydrogen-bond donors (Lipinski definition) is 5. The molecule has 11 nitrogen and oxygen atoms in total. The number of nitrogen functional groups attached to an aromatic ring is 1. The molecule has 0 bridgehead atoms. The molecule has 2 aliphatic rings. The van der Waals surface area contributed by atoms with Gasteiger partial charge in [0.15, 0.2) is 0 Å². The second-order valence-corrected chi connectivity index (χ2v) is 16.3. The zero-order valence-electron chi connectivity index (χ0n) is 33.0. The van der Waals surface area contributed by atoms with Gasteiger partial charge in [-0.05, 0) is 98.8 Å². The molecule has 1 aliphatic heterocycles. The zero-order valence-corrected chi connectivity index (χ0v) is 33.8. The highest BCUT2D eigenvalue weighted by molar-refractivity contribution is 7.86. The van der Waals surface area contributed by atoms with Gasteiger partial charge in [-0.15, -0.1) is 0 Å². The third-order valence-corrected chi connectivity index (χ3v) is 10.8. The number of amides is 2. The molecule has 6 N–H and O–H groups in total. The molecule has 0 fully saturated rings. The van der Waals surface area contributed by atoms with E-state index in [4.69, 9.17) is 15.1 Å².